The molecule has 0 aromatic carbocycles. The zero-order valence-corrected chi connectivity index (χ0v) is 8.74. The molecule has 0 unspecified atom stereocenters. The zero-order valence-electron chi connectivity index (χ0n) is 6.00. The topological polar surface area (TPSA) is 0 Å². The first-order chi connectivity index (χ1) is 3.83. The number of rotatable bonds is 2. The Balaban J connectivity index is -0.0000000720. The second-order valence-electron chi connectivity index (χ2n) is 1.41. The van der Waals surface area contributed by atoms with E-state index in [0.717, 1.165) is 24.3 Å². The first kappa shape index (κ1) is 16.7. The summed E-state index contributed by atoms with van der Waals surface area (Å²) in [4.78, 5) is 0. The van der Waals surface area contributed by atoms with Gasteiger partial charge in [0.2, 0.25) is 0 Å². The van der Waals surface area contributed by atoms with Gasteiger partial charge in [0, 0.05) is 0 Å². The van der Waals surface area contributed by atoms with Crippen molar-refractivity contribution in [2.45, 2.75) is 26.7 Å². The summed E-state index contributed by atoms with van der Waals surface area (Å²) >= 11 is 9.11. The van der Waals surface area contributed by atoms with Gasteiger partial charge in [-0.2, -0.15) is 11.5 Å². The standard InChI is InChI=1S/2C3H8S.Fe/c2*1-2-3-4;/h2*4H,2-3H2,1H3;/q;;+2/p-2. The summed E-state index contributed by atoms with van der Waals surface area (Å²) in [6, 6.07) is 0. The first-order valence-corrected chi connectivity index (χ1v) is 4.15. The summed E-state index contributed by atoms with van der Waals surface area (Å²) in [7, 11) is 0. The minimum Gasteiger partial charge on any atom is -0.793 e. The Kier molecular flexibility index (Phi) is 42.3. The SMILES string of the molecule is CCC[S-].CCC[S-].[Fe+2]. The molecule has 3 heteroatoms. The minimum atomic E-state index is 0. The van der Waals surface area contributed by atoms with Gasteiger partial charge in [-0.15, -0.1) is 0 Å². The second-order valence-corrected chi connectivity index (χ2v) is 2.22. The van der Waals surface area contributed by atoms with E-state index in [1.54, 1.807) is 0 Å². The van der Waals surface area contributed by atoms with E-state index in [1.165, 1.54) is 0 Å². The molecule has 0 saturated heterocycles. The molecule has 0 atom stereocenters. The van der Waals surface area contributed by atoms with E-state index in [4.69, 9.17) is 0 Å². The maximum atomic E-state index is 4.55. The Morgan fingerprint density at radius 1 is 0.889 bits per heavy atom. The van der Waals surface area contributed by atoms with E-state index in [9.17, 15) is 0 Å². The van der Waals surface area contributed by atoms with Crippen LogP contribution in [0.2, 0.25) is 0 Å². The van der Waals surface area contributed by atoms with Gasteiger partial charge >= 0.3 is 17.1 Å². The van der Waals surface area contributed by atoms with E-state index >= 15 is 0 Å². The van der Waals surface area contributed by atoms with Crippen LogP contribution < -0.4 is 0 Å². The summed E-state index contributed by atoms with van der Waals surface area (Å²) in [6.45, 7) is 4.15. The molecular weight excluding hydrogens is 192 g/mol. The van der Waals surface area contributed by atoms with Crippen molar-refractivity contribution in [1.29, 1.82) is 0 Å². The molecule has 0 fully saturated rings. The summed E-state index contributed by atoms with van der Waals surface area (Å²) in [6.07, 6.45) is 2.27. The number of hydrogen-bond acceptors (Lipinski definition) is 2. The van der Waals surface area contributed by atoms with Gasteiger partial charge in [0.15, 0.2) is 0 Å². The molecule has 0 aliphatic rings. The van der Waals surface area contributed by atoms with Crippen molar-refractivity contribution in [1.82, 2.24) is 0 Å². The van der Waals surface area contributed by atoms with Crippen molar-refractivity contribution < 1.29 is 17.1 Å². The molecular formula is C6H14FeS2. The van der Waals surface area contributed by atoms with Gasteiger partial charge in [-0.1, -0.05) is 26.7 Å². The third-order valence-electron chi connectivity index (χ3n) is 0.408. The van der Waals surface area contributed by atoms with Crippen LogP contribution in [0.4, 0.5) is 0 Å². The van der Waals surface area contributed by atoms with Crippen LogP contribution in [0, 0.1) is 0 Å². The normalized spacial score (nSPS) is 6.67. The molecule has 0 rings (SSSR count). The fourth-order valence-corrected chi connectivity index (χ4v) is 0. The van der Waals surface area contributed by atoms with Crippen LogP contribution in [-0.2, 0) is 42.3 Å². The summed E-state index contributed by atoms with van der Waals surface area (Å²) in [5.41, 5.74) is 0. The molecule has 0 heterocycles. The average Bonchev–Trinajstić information content (AvgIpc) is 1.88. The maximum absolute atomic E-state index is 4.55. The smallest absolute Gasteiger partial charge is 0.793 e. The Hall–Kier alpha value is 1.22. The molecule has 0 aromatic heterocycles. The van der Waals surface area contributed by atoms with Crippen molar-refractivity contribution in [2.24, 2.45) is 0 Å². The predicted molar refractivity (Wildman–Crippen MR) is 45.0 cm³/mol. The molecule has 0 radical (unpaired) electrons. The van der Waals surface area contributed by atoms with Gasteiger partial charge < -0.3 is 25.3 Å². The van der Waals surface area contributed by atoms with Gasteiger partial charge in [0.25, 0.3) is 0 Å². The maximum Gasteiger partial charge on any atom is 2.00 e. The molecule has 0 aliphatic carbocycles. The van der Waals surface area contributed by atoms with Crippen LogP contribution in [0.5, 0.6) is 0 Å². The predicted octanol–water partition coefficient (Wildman–Crippen LogP) is 1.88. The third kappa shape index (κ3) is 46.4. The van der Waals surface area contributed by atoms with E-state index in [1.807, 2.05) is 0 Å². The average molecular weight is 206 g/mol. The van der Waals surface area contributed by atoms with E-state index < -0.39 is 0 Å². The van der Waals surface area contributed by atoms with E-state index in [2.05, 4.69) is 39.1 Å². The molecule has 0 bridgehead atoms. The second kappa shape index (κ2) is 22.9. The van der Waals surface area contributed by atoms with Crippen molar-refractivity contribution in [3.8, 4) is 0 Å². The van der Waals surface area contributed by atoms with Crippen LogP contribution >= 0.6 is 0 Å². The van der Waals surface area contributed by atoms with Gasteiger partial charge in [0.05, 0.1) is 0 Å². The summed E-state index contributed by atoms with van der Waals surface area (Å²) in [5, 5.41) is 0. The van der Waals surface area contributed by atoms with Gasteiger partial charge in [-0.3, -0.25) is 0 Å². The minimum absolute atomic E-state index is 0. The van der Waals surface area contributed by atoms with Crippen molar-refractivity contribution in [2.75, 3.05) is 11.5 Å². The first-order valence-electron chi connectivity index (χ1n) is 2.99. The Morgan fingerprint density at radius 3 is 1.00 bits per heavy atom. The molecule has 0 amide bonds. The molecule has 0 aromatic rings. The fourth-order valence-electron chi connectivity index (χ4n) is 0. The summed E-state index contributed by atoms with van der Waals surface area (Å²) < 4.78 is 0. The third-order valence-corrected chi connectivity index (χ3v) is 1.22. The molecule has 0 aliphatic heterocycles. The van der Waals surface area contributed by atoms with Crippen molar-refractivity contribution >= 4 is 25.3 Å². The van der Waals surface area contributed by atoms with Gasteiger partial charge in [-0.05, 0) is 0 Å². The van der Waals surface area contributed by atoms with Crippen LogP contribution in [0.15, 0.2) is 0 Å². The Bertz CT molecular complexity index is 19.0. The zero-order chi connectivity index (χ0) is 6.83. The number of hydrogen-bond donors (Lipinski definition) is 0. The Morgan fingerprint density at radius 2 is 1.00 bits per heavy atom. The van der Waals surface area contributed by atoms with Crippen molar-refractivity contribution in [3.63, 3.8) is 0 Å². The Labute approximate surface area is 80.5 Å². The van der Waals surface area contributed by atoms with Crippen LogP contribution in [0.1, 0.15) is 26.7 Å². The molecule has 0 saturated carbocycles. The van der Waals surface area contributed by atoms with Crippen LogP contribution in [0.25, 0.3) is 0 Å². The van der Waals surface area contributed by atoms with Crippen molar-refractivity contribution in [3.05, 3.63) is 0 Å². The quantitative estimate of drug-likeness (QED) is 0.499. The van der Waals surface area contributed by atoms with E-state index in [-0.39, 0.29) is 17.1 Å². The van der Waals surface area contributed by atoms with Crippen LogP contribution in [0.3, 0.4) is 0 Å². The van der Waals surface area contributed by atoms with E-state index in [0.29, 0.717) is 0 Å². The molecule has 9 heavy (non-hydrogen) atoms. The molecule has 58 valence electrons. The monoisotopic (exact) mass is 206 g/mol. The van der Waals surface area contributed by atoms with Gasteiger partial charge in [-0.25, -0.2) is 0 Å². The summed E-state index contributed by atoms with van der Waals surface area (Å²) in [5.74, 6) is 1.81. The van der Waals surface area contributed by atoms with Crippen LogP contribution in [-0.4, -0.2) is 11.5 Å². The largest absolute Gasteiger partial charge is 2.00 e. The fraction of sp³-hybridized carbons (Fsp3) is 1.00. The molecule has 0 N–H and O–H groups in total. The molecule has 0 spiro atoms. The molecule has 0 nitrogen and oxygen atoms in total. The van der Waals surface area contributed by atoms with Gasteiger partial charge in [0.1, 0.15) is 0 Å².